The van der Waals surface area contributed by atoms with E-state index < -0.39 is 0 Å². The molecule has 194 valence electrons. The Morgan fingerprint density at radius 1 is 1.17 bits per heavy atom. The molecule has 1 aliphatic carbocycles. The first-order valence-electron chi connectivity index (χ1n) is 12.7. The van der Waals surface area contributed by atoms with E-state index in [2.05, 4.69) is 24.8 Å². The molecule has 0 radical (unpaired) electrons. The van der Waals surface area contributed by atoms with Gasteiger partial charge in [0, 0.05) is 38.3 Å². The van der Waals surface area contributed by atoms with Gasteiger partial charge in [0.1, 0.15) is 10.8 Å². The number of carbonyl (C=O) groups is 1. The summed E-state index contributed by atoms with van der Waals surface area (Å²) in [6.07, 6.45) is 6.78. The molecule has 2 saturated heterocycles. The topological polar surface area (TPSA) is 110 Å². The molecule has 0 unspecified atom stereocenters. The van der Waals surface area contributed by atoms with Crippen LogP contribution in [0.25, 0.3) is 0 Å². The molecule has 0 bridgehead atoms. The highest BCUT2D eigenvalue weighted by atomic mass is 32.2. The number of nitrogens with zero attached hydrogens (tertiary/aromatic N) is 3. The van der Waals surface area contributed by atoms with Gasteiger partial charge in [0.2, 0.25) is 0 Å². The average molecular weight is 514 g/mol. The smallest absolute Gasteiger partial charge is 0.255 e. The summed E-state index contributed by atoms with van der Waals surface area (Å²) < 4.78 is 8.72. The van der Waals surface area contributed by atoms with Crippen molar-refractivity contribution < 1.29 is 19.7 Å². The van der Waals surface area contributed by atoms with Crippen molar-refractivity contribution in [2.24, 2.45) is 5.41 Å². The Hall–Kier alpha value is -2.53. The number of phenols is 1. The number of hydrogen-bond donors (Lipinski definition) is 4. The normalized spacial score (nSPS) is 21.0. The second-order valence-corrected chi connectivity index (χ2v) is 10.9. The number of pyridine rings is 1. The number of amides is 1. The van der Waals surface area contributed by atoms with Gasteiger partial charge in [0.15, 0.2) is 0 Å². The Balaban J connectivity index is 1.36. The van der Waals surface area contributed by atoms with Gasteiger partial charge < -0.3 is 30.1 Å². The van der Waals surface area contributed by atoms with E-state index in [1.54, 1.807) is 24.4 Å². The van der Waals surface area contributed by atoms with Crippen molar-refractivity contribution in [3.8, 4) is 5.75 Å². The third-order valence-electron chi connectivity index (χ3n) is 7.44. The molecule has 2 aliphatic heterocycles. The maximum atomic E-state index is 13.3. The van der Waals surface area contributed by atoms with Gasteiger partial charge in [-0.1, -0.05) is 0 Å². The van der Waals surface area contributed by atoms with Crippen LogP contribution in [0.2, 0.25) is 0 Å². The SMILES string of the molecule is C[C@H]1CN(c2cc(C(=O)Nc3cnc(SNCCO)cc3N3CCC4(CC3)CC4)ccc2O)CCO1. The van der Waals surface area contributed by atoms with Crippen molar-refractivity contribution in [2.45, 2.75) is 43.7 Å². The number of piperidine rings is 1. The van der Waals surface area contributed by atoms with Gasteiger partial charge >= 0.3 is 0 Å². The molecule has 3 fully saturated rings. The minimum atomic E-state index is -0.241. The van der Waals surface area contributed by atoms with Crippen LogP contribution < -0.4 is 19.8 Å². The van der Waals surface area contributed by atoms with E-state index in [1.165, 1.54) is 37.6 Å². The van der Waals surface area contributed by atoms with Crippen molar-refractivity contribution >= 4 is 34.9 Å². The number of aliphatic hydroxyl groups excluding tert-OH is 1. The number of hydrogen-bond acceptors (Lipinski definition) is 9. The largest absolute Gasteiger partial charge is 0.506 e. The fraction of sp³-hybridized carbons (Fsp3) is 0.538. The minimum absolute atomic E-state index is 0.0557. The van der Waals surface area contributed by atoms with Gasteiger partial charge in [-0.25, -0.2) is 4.98 Å². The van der Waals surface area contributed by atoms with Gasteiger partial charge in [0.05, 0.1) is 42.6 Å². The number of ether oxygens (including phenoxy) is 1. The predicted molar refractivity (Wildman–Crippen MR) is 142 cm³/mol. The first-order chi connectivity index (χ1) is 17.5. The van der Waals surface area contributed by atoms with Crippen LogP contribution >= 0.6 is 11.9 Å². The second kappa shape index (κ2) is 10.8. The Bertz CT molecular complexity index is 1090. The van der Waals surface area contributed by atoms with E-state index >= 15 is 0 Å². The van der Waals surface area contributed by atoms with E-state index in [0.717, 1.165) is 23.8 Å². The Morgan fingerprint density at radius 2 is 1.97 bits per heavy atom. The van der Waals surface area contributed by atoms with Crippen LogP contribution in [-0.4, -0.2) is 73.1 Å². The van der Waals surface area contributed by atoms with E-state index in [1.807, 2.05) is 13.0 Å². The number of aromatic nitrogens is 1. The monoisotopic (exact) mass is 513 g/mol. The van der Waals surface area contributed by atoms with Crippen molar-refractivity contribution in [1.82, 2.24) is 9.71 Å². The summed E-state index contributed by atoms with van der Waals surface area (Å²) in [5.74, 6) is -0.0860. The van der Waals surface area contributed by atoms with E-state index in [-0.39, 0.29) is 24.4 Å². The number of benzene rings is 1. The van der Waals surface area contributed by atoms with Crippen LogP contribution in [0.3, 0.4) is 0 Å². The summed E-state index contributed by atoms with van der Waals surface area (Å²) in [6, 6.07) is 6.98. The van der Waals surface area contributed by atoms with E-state index in [9.17, 15) is 9.90 Å². The molecule has 3 aliphatic rings. The molecule has 1 atom stereocenters. The van der Waals surface area contributed by atoms with Gasteiger partial charge in [-0.05, 0) is 74.2 Å². The Morgan fingerprint density at radius 3 is 2.69 bits per heavy atom. The number of rotatable bonds is 8. The number of morpholine rings is 1. The van der Waals surface area contributed by atoms with Crippen LogP contribution in [-0.2, 0) is 4.74 Å². The second-order valence-electron chi connectivity index (χ2n) is 10.0. The number of aromatic hydroxyl groups is 1. The fourth-order valence-electron chi connectivity index (χ4n) is 5.06. The van der Waals surface area contributed by atoms with Crippen molar-refractivity contribution in [2.75, 3.05) is 61.1 Å². The number of carbonyl (C=O) groups excluding carboxylic acids is 1. The third-order valence-corrected chi connectivity index (χ3v) is 8.22. The highest BCUT2D eigenvalue weighted by Gasteiger charge is 2.44. The summed E-state index contributed by atoms with van der Waals surface area (Å²) in [5.41, 5.74) is 3.30. The lowest BCUT2D eigenvalue weighted by atomic mass is 9.93. The zero-order valence-corrected chi connectivity index (χ0v) is 21.5. The van der Waals surface area contributed by atoms with E-state index in [4.69, 9.17) is 9.84 Å². The van der Waals surface area contributed by atoms with Crippen LogP contribution in [0.5, 0.6) is 5.75 Å². The predicted octanol–water partition coefficient (Wildman–Crippen LogP) is 3.23. The molecule has 5 rings (SSSR count). The molecule has 36 heavy (non-hydrogen) atoms. The highest BCUT2D eigenvalue weighted by Crippen LogP contribution is 2.54. The summed E-state index contributed by atoms with van der Waals surface area (Å²) in [4.78, 5) is 22.3. The first kappa shape index (κ1) is 25.1. The summed E-state index contributed by atoms with van der Waals surface area (Å²) in [5, 5.41) is 23.4. The van der Waals surface area contributed by atoms with Gasteiger partial charge in [-0.15, -0.1) is 0 Å². The average Bonchev–Trinajstić information content (AvgIpc) is 3.64. The lowest BCUT2D eigenvalue weighted by Gasteiger charge is -2.35. The summed E-state index contributed by atoms with van der Waals surface area (Å²) in [7, 11) is 0. The summed E-state index contributed by atoms with van der Waals surface area (Å²) >= 11 is 1.37. The molecule has 1 saturated carbocycles. The number of phenolic OH excluding ortho intramolecular Hbond substituents is 1. The molecule has 1 amide bonds. The molecular weight excluding hydrogens is 478 g/mol. The zero-order chi connectivity index (χ0) is 25.1. The lowest BCUT2D eigenvalue weighted by molar-refractivity contribution is 0.0531. The van der Waals surface area contributed by atoms with Crippen molar-refractivity contribution in [3.63, 3.8) is 0 Å². The maximum Gasteiger partial charge on any atom is 0.255 e. The van der Waals surface area contributed by atoms with Crippen molar-refractivity contribution in [3.05, 3.63) is 36.0 Å². The number of anilines is 3. The Labute approximate surface area is 216 Å². The molecule has 3 heterocycles. The van der Waals surface area contributed by atoms with Crippen LogP contribution in [0.4, 0.5) is 17.1 Å². The first-order valence-corrected chi connectivity index (χ1v) is 13.5. The van der Waals surface area contributed by atoms with Gasteiger partial charge in [-0.2, -0.15) is 0 Å². The molecule has 10 heteroatoms. The molecule has 1 aromatic heterocycles. The van der Waals surface area contributed by atoms with Crippen LogP contribution in [0, 0.1) is 5.41 Å². The van der Waals surface area contributed by atoms with E-state index in [0.29, 0.717) is 48.6 Å². The molecule has 1 spiro atoms. The van der Waals surface area contributed by atoms with Crippen LogP contribution in [0.15, 0.2) is 35.5 Å². The highest BCUT2D eigenvalue weighted by molar-refractivity contribution is 7.97. The molecule has 2 aromatic rings. The third kappa shape index (κ3) is 5.72. The standard InChI is InChI=1S/C26H35N5O4S/c1-18-17-31(11-13-35-18)22-14-19(2-3-23(22)33)25(34)29-20-16-27-24(36-28-8-12-32)15-21(20)30-9-6-26(4-5-26)7-10-30/h2-3,14-16,18,28,32-33H,4-13,17H2,1H3,(H,29,34)/t18-/m0/s1. The van der Waals surface area contributed by atoms with Crippen molar-refractivity contribution in [1.29, 1.82) is 0 Å². The number of aliphatic hydroxyl groups is 1. The molecule has 4 N–H and O–H groups in total. The fourth-order valence-corrected chi connectivity index (χ4v) is 5.68. The lowest BCUT2D eigenvalue weighted by Crippen LogP contribution is -2.41. The molecule has 9 nitrogen and oxygen atoms in total. The summed E-state index contributed by atoms with van der Waals surface area (Å²) in [6.45, 7) is 6.35. The zero-order valence-electron chi connectivity index (χ0n) is 20.7. The quantitative estimate of drug-likeness (QED) is 0.312. The van der Waals surface area contributed by atoms with Crippen LogP contribution in [0.1, 0.15) is 43.0 Å². The molecular formula is C26H35N5O4S. The number of nitrogens with one attached hydrogen (secondary N) is 2. The molecule has 1 aromatic carbocycles. The minimum Gasteiger partial charge on any atom is -0.506 e. The maximum absolute atomic E-state index is 13.3. The van der Waals surface area contributed by atoms with Gasteiger partial charge in [0.25, 0.3) is 5.91 Å². The Kier molecular flexibility index (Phi) is 7.57. The van der Waals surface area contributed by atoms with Gasteiger partial charge in [-0.3, -0.25) is 9.52 Å².